The van der Waals surface area contributed by atoms with E-state index in [0.29, 0.717) is 31.5 Å². The molecule has 2 aliphatic heterocycles. The predicted octanol–water partition coefficient (Wildman–Crippen LogP) is 4.68. The van der Waals surface area contributed by atoms with Gasteiger partial charge in [-0.05, 0) is 69.1 Å². The number of benzene rings is 1. The number of pyridine rings is 2. The van der Waals surface area contributed by atoms with Crippen molar-refractivity contribution in [3.05, 3.63) is 77.9 Å². The summed E-state index contributed by atoms with van der Waals surface area (Å²) in [5, 5.41) is 5.50. The molecule has 4 aromatic rings. The Morgan fingerprint density at radius 1 is 0.925 bits per heavy atom. The molecule has 8 heteroatoms. The van der Waals surface area contributed by atoms with Gasteiger partial charge in [-0.15, -0.1) is 0 Å². The molecular weight excluding hydrogens is 500 g/mol. The van der Waals surface area contributed by atoms with Crippen LogP contribution in [-0.2, 0) is 24.8 Å². The Morgan fingerprint density at radius 2 is 1.70 bits per heavy atom. The van der Waals surface area contributed by atoms with Gasteiger partial charge in [0.05, 0.1) is 23.1 Å². The van der Waals surface area contributed by atoms with Gasteiger partial charge in [0.15, 0.2) is 0 Å². The number of ketones is 1. The number of piperidine rings is 2. The highest BCUT2D eigenvalue weighted by Gasteiger charge is 2.28. The van der Waals surface area contributed by atoms with E-state index in [-0.39, 0.29) is 24.0 Å². The average molecular weight is 537 g/mol. The lowest BCUT2D eigenvalue weighted by Gasteiger charge is -2.31. The molecule has 1 amide bonds. The lowest BCUT2D eigenvalue weighted by Crippen LogP contribution is -2.40. The third-order valence-electron chi connectivity index (χ3n) is 8.40. The molecular formula is C32H36N6O2. The molecule has 0 aliphatic carbocycles. The van der Waals surface area contributed by atoms with Gasteiger partial charge in [0.1, 0.15) is 5.78 Å². The number of carbonyl (C=O) groups is 2. The highest BCUT2D eigenvalue weighted by molar-refractivity contribution is 5.94. The van der Waals surface area contributed by atoms with Crippen molar-refractivity contribution in [1.82, 2.24) is 29.5 Å². The second kappa shape index (κ2) is 11.7. The SMILES string of the molecule is Cn1ncc(-c2ccc3cnc(CC(=O)C4CCN(C(=O)c5ccccc5)CC4)cc3n2)c1CN1CCCCC1. The summed E-state index contributed by atoms with van der Waals surface area (Å²) < 4.78 is 1.96. The minimum atomic E-state index is -0.0515. The van der Waals surface area contributed by atoms with Gasteiger partial charge in [-0.1, -0.05) is 24.6 Å². The van der Waals surface area contributed by atoms with Crippen molar-refractivity contribution in [2.45, 2.75) is 45.1 Å². The van der Waals surface area contributed by atoms with Crippen molar-refractivity contribution in [2.24, 2.45) is 13.0 Å². The number of nitrogens with zero attached hydrogens (tertiary/aromatic N) is 6. The molecule has 5 heterocycles. The number of amides is 1. The summed E-state index contributed by atoms with van der Waals surface area (Å²) >= 11 is 0. The van der Waals surface area contributed by atoms with Crippen LogP contribution in [0, 0.1) is 5.92 Å². The van der Waals surface area contributed by atoms with Crippen LogP contribution < -0.4 is 0 Å². The maximum atomic E-state index is 13.2. The zero-order chi connectivity index (χ0) is 27.5. The Kier molecular flexibility index (Phi) is 7.68. The molecule has 2 fully saturated rings. The molecule has 2 saturated heterocycles. The number of aryl methyl sites for hydroxylation is 1. The molecule has 3 aromatic heterocycles. The third kappa shape index (κ3) is 5.68. The molecule has 0 radical (unpaired) electrons. The first-order valence-corrected chi connectivity index (χ1v) is 14.4. The lowest BCUT2D eigenvalue weighted by atomic mass is 9.90. The fraction of sp³-hybridized carbons (Fsp3) is 0.406. The molecule has 0 N–H and O–H groups in total. The fourth-order valence-corrected chi connectivity index (χ4v) is 5.99. The van der Waals surface area contributed by atoms with Gasteiger partial charge in [0.25, 0.3) is 5.91 Å². The number of likely N-dealkylation sites (tertiary alicyclic amines) is 2. The number of rotatable bonds is 7. The second-order valence-electron chi connectivity index (χ2n) is 11.1. The van der Waals surface area contributed by atoms with Crippen LogP contribution in [0.15, 0.2) is 60.9 Å². The molecule has 2 aliphatic rings. The van der Waals surface area contributed by atoms with Gasteiger partial charge < -0.3 is 4.90 Å². The van der Waals surface area contributed by atoms with Gasteiger partial charge >= 0.3 is 0 Å². The Morgan fingerprint density at radius 3 is 2.48 bits per heavy atom. The maximum absolute atomic E-state index is 13.2. The Labute approximate surface area is 235 Å². The summed E-state index contributed by atoms with van der Waals surface area (Å²) in [6.07, 6.45) is 9.20. The molecule has 206 valence electrons. The van der Waals surface area contributed by atoms with Crippen LogP contribution in [0.4, 0.5) is 0 Å². The maximum Gasteiger partial charge on any atom is 0.253 e. The van der Waals surface area contributed by atoms with E-state index in [4.69, 9.17) is 4.98 Å². The van der Waals surface area contributed by atoms with E-state index in [0.717, 1.165) is 47.5 Å². The quantitative estimate of drug-likeness (QED) is 0.341. The van der Waals surface area contributed by atoms with Crippen LogP contribution in [0.3, 0.4) is 0 Å². The molecule has 1 aromatic carbocycles. The molecule has 6 rings (SSSR count). The van der Waals surface area contributed by atoms with Crippen molar-refractivity contribution in [3.63, 3.8) is 0 Å². The van der Waals surface area contributed by atoms with E-state index in [1.54, 1.807) is 0 Å². The Balaban J connectivity index is 1.13. The number of fused-ring (bicyclic) bond motifs is 1. The van der Waals surface area contributed by atoms with Gasteiger partial charge in [0.2, 0.25) is 0 Å². The van der Waals surface area contributed by atoms with E-state index in [1.807, 2.05) is 77.6 Å². The molecule has 0 bridgehead atoms. The van der Waals surface area contributed by atoms with Crippen molar-refractivity contribution in [2.75, 3.05) is 26.2 Å². The van der Waals surface area contributed by atoms with Crippen molar-refractivity contribution in [3.8, 4) is 11.3 Å². The molecule has 0 atom stereocenters. The number of Topliss-reactive ketones (excluding diaryl/α,β-unsaturated/α-hetero) is 1. The minimum absolute atomic E-state index is 0.0391. The van der Waals surface area contributed by atoms with Crippen molar-refractivity contribution < 1.29 is 9.59 Å². The van der Waals surface area contributed by atoms with Crippen LogP contribution in [0.5, 0.6) is 0 Å². The topological polar surface area (TPSA) is 84.2 Å². The summed E-state index contributed by atoms with van der Waals surface area (Å²) in [4.78, 5) is 39.9. The van der Waals surface area contributed by atoms with Crippen LogP contribution in [0.2, 0.25) is 0 Å². The fourth-order valence-electron chi connectivity index (χ4n) is 5.99. The first kappa shape index (κ1) is 26.3. The highest BCUT2D eigenvalue weighted by Crippen LogP contribution is 2.27. The van der Waals surface area contributed by atoms with Crippen LogP contribution in [-0.4, -0.2) is 67.4 Å². The number of hydrogen-bond acceptors (Lipinski definition) is 6. The van der Waals surface area contributed by atoms with E-state index in [2.05, 4.69) is 15.0 Å². The zero-order valence-corrected chi connectivity index (χ0v) is 23.1. The monoisotopic (exact) mass is 536 g/mol. The summed E-state index contributed by atoms with van der Waals surface area (Å²) in [6, 6.07) is 15.4. The molecule has 0 saturated carbocycles. The van der Waals surface area contributed by atoms with Gasteiger partial charge in [0, 0.05) is 67.4 Å². The Bertz CT molecular complexity index is 1500. The van der Waals surface area contributed by atoms with Crippen molar-refractivity contribution >= 4 is 22.6 Å². The molecule has 8 nitrogen and oxygen atoms in total. The normalized spacial score (nSPS) is 16.9. The highest BCUT2D eigenvalue weighted by atomic mass is 16.2. The van der Waals surface area contributed by atoms with Gasteiger partial charge in [-0.2, -0.15) is 5.10 Å². The third-order valence-corrected chi connectivity index (χ3v) is 8.40. The van der Waals surface area contributed by atoms with Crippen LogP contribution in [0.1, 0.15) is 53.8 Å². The Hall–Kier alpha value is -3.91. The van der Waals surface area contributed by atoms with E-state index in [9.17, 15) is 9.59 Å². The lowest BCUT2D eigenvalue weighted by molar-refractivity contribution is -0.123. The standard InChI is InChI=1S/C32H36N6O2/c1-36-30(22-37-14-6-3-7-15-37)27(21-34-36)28-11-10-25-20-33-26(18-29(25)35-28)19-31(39)23-12-16-38(17-13-23)32(40)24-8-4-2-5-9-24/h2,4-5,8-11,18,20-21,23H,3,6-7,12-17,19,22H2,1H3. The number of aromatic nitrogens is 4. The van der Waals surface area contributed by atoms with Crippen molar-refractivity contribution in [1.29, 1.82) is 0 Å². The average Bonchev–Trinajstić information content (AvgIpc) is 3.37. The predicted molar refractivity (Wildman–Crippen MR) is 155 cm³/mol. The summed E-state index contributed by atoms with van der Waals surface area (Å²) in [7, 11) is 2.00. The number of hydrogen-bond donors (Lipinski definition) is 0. The van der Waals surface area contributed by atoms with E-state index < -0.39 is 0 Å². The first-order chi connectivity index (χ1) is 19.5. The molecule has 0 spiro atoms. The smallest absolute Gasteiger partial charge is 0.253 e. The van der Waals surface area contributed by atoms with E-state index in [1.165, 1.54) is 25.0 Å². The van der Waals surface area contributed by atoms with E-state index >= 15 is 0 Å². The largest absolute Gasteiger partial charge is 0.339 e. The minimum Gasteiger partial charge on any atom is -0.339 e. The summed E-state index contributed by atoms with van der Waals surface area (Å²) in [6.45, 7) is 4.33. The van der Waals surface area contributed by atoms with Crippen LogP contribution in [0.25, 0.3) is 22.2 Å². The summed E-state index contributed by atoms with van der Waals surface area (Å²) in [5.74, 6) is 0.174. The zero-order valence-electron chi connectivity index (χ0n) is 23.1. The number of carbonyl (C=O) groups excluding carboxylic acids is 2. The van der Waals surface area contributed by atoms with Gasteiger partial charge in [-0.25, -0.2) is 4.98 Å². The summed E-state index contributed by atoms with van der Waals surface area (Å²) in [5.41, 5.74) is 5.41. The second-order valence-corrected chi connectivity index (χ2v) is 11.1. The molecule has 40 heavy (non-hydrogen) atoms. The van der Waals surface area contributed by atoms with Gasteiger partial charge in [-0.3, -0.25) is 24.2 Å². The first-order valence-electron chi connectivity index (χ1n) is 14.4. The molecule has 0 unspecified atom stereocenters. The van der Waals surface area contributed by atoms with Crippen LogP contribution >= 0.6 is 0 Å².